The van der Waals surface area contributed by atoms with Crippen LogP contribution < -0.4 is 9.47 Å². The van der Waals surface area contributed by atoms with Crippen molar-refractivity contribution in [1.82, 2.24) is 0 Å². The van der Waals surface area contributed by atoms with Crippen molar-refractivity contribution in [3.63, 3.8) is 0 Å². The summed E-state index contributed by atoms with van der Waals surface area (Å²) in [5.41, 5.74) is 3.56. The maximum atomic E-state index is 12.8. The Morgan fingerprint density at radius 3 is 2.38 bits per heavy atom. The van der Waals surface area contributed by atoms with Gasteiger partial charge in [-0.1, -0.05) is 45.8 Å². The molecule has 0 spiro atoms. The van der Waals surface area contributed by atoms with Gasteiger partial charge >= 0.3 is 5.97 Å². The van der Waals surface area contributed by atoms with Crippen LogP contribution in [0.1, 0.15) is 37.4 Å². The lowest BCUT2D eigenvalue weighted by Gasteiger charge is -2.08. The van der Waals surface area contributed by atoms with Crippen LogP contribution in [-0.4, -0.2) is 11.8 Å². The Morgan fingerprint density at radius 1 is 1.00 bits per heavy atom. The Hall–Kier alpha value is -3.18. The summed E-state index contributed by atoms with van der Waals surface area (Å²) in [6.45, 7) is 3.75. The van der Waals surface area contributed by atoms with Gasteiger partial charge in [-0.05, 0) is 61.4 Å². The molecule has 0 N–H and O–H groups in total. The maximum absolute atomic E-state index is 12.8. The first-order chi connectivity index (χ1) is 13.9. The molecule has 29 heavy (non-hydrogen) atoms. The number of Topliss-reactive ketones (excluding diaryl/α,β-unsaturated/α-hetero) is 1. The van der Waals surface area contributed by atoms with Crippen LogP contribution >= 0.6 is 15.9 Å². The zero-order chi connectivity index (χ0) is 20.5. The Kier molecular flexibility index (Phi) is 5.07. The maximum Gasteiger partial charge on any atom is 0.343 e. The fourth-order valence-corrected chi connectivity index (χ4v) is 3.37. The first-order valence-corrected chi connectivity index (χ1v) is 9.83. The van der Waals surface area contributed by atoms with Crippen LogP contribution in [0.25, 0.3) is 6.08 Å². The van der Waals surface area contributed by atoms with Gasteiger partial charge in [0, 0.05) is 10.5 Å². The zero-order valence-electron chi connectivity index (χ0n) is 15.9. The van der Waals surface area contributed by atoms with Crippen LogP contribution in [0.3, 0.4) is 0 Å². The summed E-state index contributed by atoms with van der Waals surface area (Å²) in [6.07, 6.45) is 1.70. The van der Waals surface area contributed by atoms with E-state index in [0.29, 0.717) is 28.2 Å². The van der Waals surface area contributed by atoms with Crippen LogP contribution in [0.5, 0.6) is 11.5 Å². The van der Waals surface area contributed by atoms with Gasteiger partial charge in [-0.15, -0.1) is 0 Å². The molecule has 1 aliphatic rings. The van der Waals surface area contributed by atoms with E-state index < -0.39 is 5.97 Å². The van der Waals surface area contributed by atoms with Crippen molar-refractivity contribution in [2.24, 2.45) is 0 Å². The summed E-state index contributed by atoms with van der Waals surface area (Å²) in [5.74, 6) is 0.332. The Labute approximate surface area is 176 Å². The molecule has 0 unspecified atom stereocenters. The molecule has 3 aromatic rings. The number of rotatable bonds is 3. The summed E-state index contributed by atoms with van der Waals surface area (Å²) < 4.78 is 12.2. The highest BCUT2D eigenvalue weighted by Crippen LogP contribution is 2.37. The second kappa shape index (κ2) is 7.68. The average Bonchev–Trinajstić information content (AvgIpc) is 3.00. The molecule has 0 aliphatic carbocycles. The molecule has 0 aromatic heterocycles. The largest absolute Gasteiger partial charge is 0.452 e. The fourth-order valence-electron chi connectivity index (χ4n) is 3.10. The number of esters is 1. The molecular formula is C24H17BrO4. The van der Waals surface area contributed by atoms with Crippen molar-refractivity contribution in [3.05, 3.63) is 98.7 Å². The van der Waals surface area contributed by atoms with E-state index in [4.69, 9.17) is 9.47 Å². The van der Waals surface area contributed by atoms with Crippen molar-refractivity contribution in [2.75, 3.05) is 0 Å². The number of fused-ring (bicyclic) bond motifs is 1. The first-order valence-electron chi connectivity index (χ1n) is 9.04. The molecule has 0 bridgehead atoms. The minimum atomic E-state index is -0.459. The molecule has 1 aliphatic heterocycles. The lowest BCUT2D eigenvalue weighted by Crippen LogP contribution is -2.08. The molecule has 0 saturated heterocycles. The van der Waals surface area contributed by atoms with Crippen molar-refractivity contribution < 1.29 is 19.1 Å². The number of benzene rings is 3. The van der Waals surface area contributed by atoms with E-state index in [2.05, 4.69) is 15.9 Å². The zero-order valence-corrected chi connectivity index (χ0v) is 17.4. The molecule has 3 aromatic carbocycles. The molecule has 0 saturated carbocycles. The smallest absolute Gasteiger partial charge is 0.343 e. The predicted molar refractivity (Wildman–Crippen MR) is 114 cm³/mol. The summed E-state index contributed by atoms with van der Waals surface area (Å²) in [6, 6.07) is 18.0. The van der Waals surface area contributed by atoms with Gasteiger partial charge in [0.15, 0.2) is 5.76 Å². The fraction of sp³-hybridized carbons (Fsp3) is 0.0833. The molecule has 0 radical (unpaired) electrons. The quantitative estimate of drug-likeness (QED) is 0.284. The molecule has 144 valence electrons. The monoisotopic (exact) mass is 448 g/mol. The van der Waals surface area contributed by atoms with E-state index in [1.807, 2.05) is 43.3 Å². The van der Waals surface area contributed by atoms with Crippen LogP contribution in [0, 0.1) is 13.8 Å². The minimum Gasteiger partial charge on any atom is -0.452 e. The molecule has 4 nitrogen and oxygen atoms in total. The number of aryl methyl sites for hydroxylation is 2. The predicted octanol–water partition coefficient (Wildman–Crippen LogP) is 5.90. The highest BCUT2D eigenvalue weighted by Gasteiger charge is 2.30. The Morgan fingerprint density at radius 2 is 1.69 bits per heavy atom. The van der Waals surface area contributed by atoms with Crippen LogP contribution in [0.4, 0.5) is 0 Å². The third-order valence-electron chi connectivity index (χ3n) is 4.61. The Bertz CT molecular complexity index is 1140. The number of carbonyl (C=O) groups is 2. The van der Waals surface area contributed by atoms with E-state index in [1.165, 1.54) is 0 Å². The second-order valence-corrected chi connectivity index (χ2v) is 7.78. The SMILES string of the molecule is Cc1ccc(C(=O)Oc2cc(C)c3c(c2)O/C(=C\c2ccc(Br)cc2)C3=O)cc1. The normalized spacial score (nSPS) is 13.9. The van der Waals surface area contributed by atoms with E-state index in [0.717, 1.165) is 15.6 Å². The number of hydrogen-bond donors (Lipinski definition) is 0. The summed E-state index contributed by atoms with van der Waals surface area (Å²) in [4.78, 5) is 25.2. The van der Waals surface area contributed by atoms with Crippen molar-refractivity contribution in [2.45, 2.75) is 13.8 Å². The molecule has 1 heterocycles. The minimum absolute atomic E-state index is 0.183. The van der Waals surface area contributed by atoms with Gasteiger partial charge in [-0.2, -0.15) is 0 Å². The number of ketones is 1. The molecule has 5 heteroatoms. The molecule has 0 atom stereocenters. The highest BCUT2D eigenvalue weighted by molar-refractivity contribution is 9.10. The number of allylic oxidation sites excluding steroid dienone is 1. The van der Waals surface area contributed by atoms with Gasteiger partial charge in [0.1, 0.15) is 11.5 Å². The molecular weight excluding hydrogens is 432 g/mol. The summed E-state index contributed by atoms with van der Waals surface area (Å²) in [5, 5.41) is 0. The van der Waals surface area contributed by atoms with Crippen LogP contribution in [0.2, 0.25) is 0 Å². The van der Waals surface area contributed by atoms with Gasteiger partial charge in [-0.3, -0.25) is 4.79 Å². The van der Waals surface area contributed by atoms with Gasteiger partial charge in [0.25, 0.3) is 0 Å². The number of halogens is 1. The third kappa shape index (κ3) is 4.00. The van der Waals surface area contributed by atoms with E-state index in [-0.39, 0.29) is 11.5 Å². The van der Waals surface area contributed by atoms with E-state index >= 15 is 0 Å². The second-order valence-electron chi connectivity index (χ2n) is 6.86. The molecule has 0 fully saturated rings. The van der Waals surface area contributed by atoms with Crippen molar-refractivity contribution >= 4 is 33.8 Å². The van der Waals surface area contributed by atoms with Crippen LogP contribution in [-0.2, 0) is 0 Å². The number of hydrogen-bond acceptors (Lipinski definition) is 4. The third-order valence-corrected chi connectivity index (χ3v) is 5.14. The van der Waals surface area contributed by atoms with E-state index in [9.17, 15) is 9.59 Å². The number of carbonyl (C=O) groups excluding carboxylic acids is 2. The first kappa shape index (κ1) is 19.2. The van der Waals surface area contributed by atoms with Gasteiger partial charge < -0.3 is 9.47 Å². The highest BCUT2D eigenvalue weighted by atomic mass is 79.9. The summed E-state index contributed by atoms with van der Waals surface area (Å²) >= 11 is 3.39. The van der Waals surface area contributed by atoms with Gasteiger partial charge in [-0.25, -0.2) is 4.79 Å². The Balaban J connectivity index is 1.59. The van der Waals surface area contributed by atoms with Crippen molar-refractivity contribution in [3.8, 4) is 11.5 Å². The molecule has 0 amide bonds. The van der Waals surface area contributed by atoms with E-state index in [1.54, 1.807) is 37.3 Å². The standard InChI is InChI=1S/C24H17BrO4/c1-14-3-7-17(8-4-14)24(27)28-19-11-15(2)22-20(13-19)29-21(23(22)26)12-16-5-9-18(25)10-6-16/h3-13H,1-2H3/b21-12-. The molecule has 4 rings (SSSR count). The van der Waals surface area contributed by atoms with Crippen molar-refractivity contribution in [1.29, 1.82) is 0 Å². The lowest BCUT2D eigenvalue weighted by molar-refractivity contribution is 0.0734. The lowest BCUT2D eigenvalue weighted by atomic mass is 10.0. The topological polar surface area (TPSA) is 52.6 Å². The summed E-state index contributed by atoms with van der Waals surface area (Å²) in [7, 11) is 0. The van der Waals surface area contributed by atoms with Gasteiger partial charge in [0.2, 0.25) is 5.78 Å². The van der Waals surface area contributed by atoms with Crippen LogP contribution in [0.15, 0.2) is 70.9 Å². The average molecular weight is 449 g/mol. The van der Waals surface area contributed by atoms with Gasteiger partial charge in [0.05, 0.1) is 11.1 Å². The number of ether oxygens (including phenoxy) is 2.